The molecule has 0 spiro atoms. The van der Waals surface area contributed by atoms with E-state index in [0.717, 1.165) is 12.5 Å². The van der Waals surface area contributed by atoms with Crippen LogP contribution in [0.2, 0.25) is 0 Å². The minimum Gasteiger partial charge on any atom is -0.374 e. The normalized spacial score (nSPS) is 41.4. The number of hydrogen-bond acceptors (Lipinski definition) is 3. The maximum atomic E-state index is 5.84. The third-order valence-electron chi connectivity index (χ3n) is 4.04. The summed E-state index contributed by atoms with van der Waals surface area (Å²) in [6.07, 6.45) is 4.67. The summed E-state index contributed by atoms with van der Waals surface area (Å²) < 4.78 is 5.84. The first-order valence-corrected chi connectivity index (χ1v) is 6.72. The largest absolute Gasteiger partial charge is 0.374 e. The van der Waals surface area contributed by atoms with Crippen LogP contribution in [0, 0.1) is 5.92 Å². The molecule has 0 bridgehead atoms. The summed E-state index contributed by atoms with van der Waals surface area (Å²) in [6, 6.07) is 0.690. The third kappa shape index (κ3) is 3.19. The molecule has 2 fully saturated rings. The monoisotopic (exact) mass is 226 g/mol. The number of piperidine rings is 1. The summed E-state index contributed by atoms with van der Waals surface area (Å²) in [7, 11) is 2.22. The van der Waals surface area contributed by atoms with E-state index in [1.54, 1.807) is 0 Å². The minimum atomic E-state index is 0.460. The van der Waals surface area contributed by atoms with Gasteiger partial charge in [-0.25, -0.2) is 0 Å². The van der Waals surface area contributed by atoms with Gasteiger partial charge in [0.1, 0.15) is 0 Å². The first-order valence-electron chi connectivity index (χ1n) is 6.72. The van der Waals surface area contributed by atoms with Crippen LogP contribution in [-0.2, 0) is 4.74 Å². The zero-order valence-corrected chi connectivity index (χ0v) is 10.9. The van der Waals surface area contributed by atoms with Crippen LogP contribution in [0.1, 0.15) is 33.1 Å². The SMILES string of the molecule is CC1CCC(CNC2CCN(C)CC2C)O1. The molecule has 2 aliphatic rings. The Bertz CT molecular complexity index is 222. The summed E-state index contributed by atoms with van der Waals surface area (Å²) in [4.78, 5) is 2.43. The van der Waals surface area contributed by atoms with Gasteiger partial charge >= 0.3 is 0 Å². The smallest absolute Gasteiger partial charge is 0.0704 e. The molecule has 4 unspecified atom stereocenters. The molecule has 0 aliphatic carbocycles. The molecule has 3 nitrogen and oxygen atoms in total. The van der Waals surface area contributed by atoms with Gasteiger partial charge in [0.2, 0.25) is 0 Å². The molecule has 0 amide bonds. The molecule has 0 aromatic carbocycles. The minimum absolute atomic E-state index is 0.460. The van der Waals surface area contributed by atoms with Crippen LogP contribution in [-0.4, -0.2) is 49.8 Å². The van der Waals surface area contributed by atoms with E-state index < -0.39 is 0 Å². The van der Waals surface area contributed by atoms with Crippen molar-refractivity contribution in [3.05, 3.63) is 0 Å². The lowest BCUT2D eigenvalue weighted by molar-refractivity contribution is 0.0501. The van der Waals surface area contributed by atoms with E-state index in [4.69, 9.17) is 4.74 Å². The lowest BCUT2D eigenvalue weighted by Gasteiger charge is -2.35. The van der Waals surface area contributed by atoms with Gasteiger partial charge in [0.25, 0.3) is 0 Å². The van der Waals surface area contributed by atoms with Crippen molar-refractivity contribution in [3.8, 4) is 0 Å². The lowest BCUT2D eigenvalue weighted by atomic mass is 9.94. The van der Waals surface area contributed by atoms with Gasteiger partial charge in [0.15, 0.2) is 0 Å². The Morgan fingerprint density at radius 3 is 2.69 bits per heavy atom. The van der Waals surface area contributed by atoms with Crippen molar-refractivity contribution in [2.24, 2.45) is 5.92 Å². The van der Waals surface area contributed by atoms with Crippen molar-refractivity contribution in [2.75, 3.05) is 26.7 Å². The topological polar surface area (TPSA) is 24.5 Å². The van der Waals surface area contributed by atoms with Crippen molar-refractivity contribution < 1.29 is 4.74 Å². The highest BCUT2D eigenvalue weighted by molar-refractivity contribution is 4.83. The van der Waals surface area contributed by atoms with Gasteiger partial charge in [-0.3, -0.25) is 0 Å². The summed E-state index contributed by atoms with van der Waals surface area (Å²) >= 11 is 0. The van der Waals surface area contributed by atoms with Gasteiger partial charge in [-0.1, -0.05) is 6.92 Å². The van der Waals surface area contributed by atoms with E-state index in [2.05, 4.69) is 31.1 Å². The van der Waals surface area contributed by atoms with E-state index in [1.807, 2.05) is 0 Å². The van der Waals surface area contributed by atoms with E-state index in [-0.39, 0.29) is 0 Å². The van der Waals surface area contributed by atoms with Crippen molar-refractivity contribution in [3.63, 3.8) is 0 Å². The molecule has 2 rings (SSSR count). The fraction of sp³-hybridized carbons (Fsp3) is 1.00. The average Bonchev–Trinajstić information content (AvgIpc) is 2.63. The average molecular weight is 226 g/mol. The number of rotatable bonds is 3. The first-order chi connectivity index (χ1) is 7.65. The Balaban J connectivity index is 1.69. The second-order valence-electron chi connectivity index (χ2n) is 5.69. The van der Waals surface area contributed by atoms with Gasteiger partial charge in [0.05, 0.1) is 12.2 Å². The van der Waals surface area contributed by atoms with Gasteiger partial charge < -0.3 is 15.0 Å². The molecule has 2 aliphatic heterocycles. The molecule has 0 aromatic rings. The van der Waals surface area contributed by atoms with Crippen molar-refractivity contribution in [1.82, 2.24) is 10.2 Å². The van der Waals surface area contributed by atoms with Gasteiger partial charge in [-0.2, -0.15) is 0 Å². The maximum Gasteiger partial charge on any atom is 0.0704 e. The Labute approximate surface area is 99.5 Å². The number of nitrogens with zero attached hydrogens (tertiary/aromatic N) is 1. The highest BCUT2D eigenvalue weighted by Crippen LogP contribution is 2.20. The second-order valence-corrected chi connectivity index (χ2v) is 5.69. The zero-order valence-electron chi connectivity index (χ0n) is 10.9. The van der Waals surface area contributed by atoms with Crippen LogP contribution in [0.5, 0.6) is 0 Å². The zero-order chi connectivity index (χ0) is 11.5. The predicted octanol–water partition coefficient (Wildman–Crippen LogP) is 1.48. The predicted molar refractivity (Wildman–Crippen MR) is 66.6 cm³/mol. The van der Waals surface area contributed by atoms with Gasteiger partial charge in [-0.05, 0) is 45.7 Å². The lowest BCUT2D eigenvalue weighted by Crippen LogP contribution is -2.48. The summed E-state index contributed by atoms with van der Waals surface area (Å²) in [5.74, 6) is 0.762. The molecule has 0 aromatic heterocycles. The quantitative estimate of drug-likeness (QED) is 0.789. The molecule has 16 heavy (non-hydrogen) atoms. The summed E-state index contributed by atoms with van der Waals surface area (Å²) in [6.45, 7) is 8.02. The van der Waals surface area contributed by atoms with Crippen molar-refractivity contribution in [1.29, 1.82) is 0 Å². The van der Waals surface area contributed by atoms with Crippen LogP contribution in [0.25, 0.3) is 0 Å². The maximum absolute atomic E-state index is 5.84. The van der Waals surface area contributed by atoms with Crippen LogP contribution >= 0.6 is 0 Å². The molecular formula is C13H26N2O. The van der Waals surface area contributed by atoms with Crippen molar-refractivity contribution >= 4 is 0 Å². The Morgan fingerprint density at radius 1 is 1.25 bits per heavy atom. The molecule has 0 saturated carbocycles. The van der Waals surface area contributed by atoms with E-state index >= 15 is 0 Å². The number of ether oxygens (including phenoxy) is 1. The van der Waals surface area contributed by atoms with E-state index in [0.29, 0.717) is 18.2 Å². The Morgan fingerprint density at radius 2 is 2.06 bits per heavy atom. The van der Waals surface area contributed by atoms with Crippen LogP contribution in [0.4, 0.5) is 0 Å². The summed E-state index contributed by atoms with van der Waals surface area (Å²) in [5, 5.41) is 3.70. The number of hydrogen-bond donors (Lipinski definition) is 1. The Kier molecular flexibility index (Phi) is 4.22. The Hall–Kier alpha value is -0.120. The number of nitrogens with one attached hydrogen (secondary N) is 1. The fourth-order valence-corrected chi connectivity index (χ4v) is 2.98. The fourth-order valence-electron chi connectivity index (χ4n) is 2.98. The van der Waals surface area contributed by atoms with E-state index in [9.17, 15) is 0 Å². The standard InChI is InChI=1S/C13H26N2O/c1-10-9-15(3)7-6-13(10)14-8-12-5-4-11(2)16-12/h10-14H,4-9H2,1-3H3. The summed E-state index contributed by atoms with van der Waals surface area (Å²) in [5.41, 5.74) is 0. The van der Waals surface area contributed by atoms with E-state index in [1.165, 1.54) is 32.4 Å². The molecule has 4 atom stereocenters. The highest BCUT2D eigenvalue weighted by Gasteiger charge is 2.26. The molecule has 1 N–H and O–H groups in total. The molecule has 3 heteroatoms. The van der Waals surface area contributed by atoms with Gasteiger partial charge in [-0.15, -0.1) is 0 Å². The highest BCUT2D eigenvalue weighted by atomic mass is 16.5. The van der Waals surface area contributed by atoms with Crippen LogP contribution in [0.15, 0.2) is 0 Å². The molecule has 2 saturated heterocycles. The molecule has 94 valence electrons. The van der Waals surface area contributed by atoms with Crippen LogP contribution < -0.4 is 5.32 Å². The van der Waals surface area contributed by atoms with Crippen molar-refractivity contribution in [2.45, 2.75) is 51.4 Å². The second kappa shape index (κ2) is 5.48. The first kappa shape index (κ1) is 12.3. The van der Waals surface area contributed by atoms with Gasteiger partial charge in [0, 0.05) is 19.1 Å². The molecule has 2 heterocycles. The molecule has 0 radical (unpaired) electrons. The third-order valence-corrected chi connectivity index (χ3v) is 4.04. The van der Waals surface area contributed by atoms with Crippen LogP contribution in [0.3, 0.4) is 0 Å². The molecular weight excluding hydrogens is 200 g/mol. The number of likely N-dealkylation sites (tertiary alicyclic amines) is 1.